The van der Waals surface area contributed by atoms with Crippen molar-refractivity contribution in [3.05, 3.63) is 24.3 Å². The lowest BCUT2D eigenvalue weighted by atomic mass is 10.0. The molecule has 0 aliphatic heterocycles. The van der Waals surface area contributed by atoms with Gasteiger partial charge in [0.2, 0.25) is 5.91 Å². The van der Waals surface area contributed by atoms with Crippen LogP contribution in [0.3, 0.4) is 0 Å². The number of hydrogen-bond donors (Lipinski definition) is 4. The van der Waals surface area contributed by atoms with Crippen molar-refractivity contribution in [2.24, 2.45) is 5.73 Å². The minimum atomic E-state index is -4.33. The van der Waals surface area contributed by atoms with E-state index in [1.54, 1.807) is 6.08 Å². The van der Waals surface area contributed by atoms with Gasteiger partial charge in [0.05, 0.1) is 25.4 Å². The van der Waals surface area contributed by atoms with Gasteiger partial charge < -0.3 is 21.1 Å². The number of aliphatic hydroxyl groups is 1. The Balaban J connectivity index is 4.13. The summed E-state index contributed by atoms with van der Waals surface area (Å²) in [6.07, 6.45) is 41.0. The maximum absolute atomic E-state index is 12.7. The topological polar surface area (TPSA) is 131 Å². The molecule has 0 bridgehead atoms. The summed E-state index contributed by atoms with van der Waals surface area (Å²) in [5.41, 5.74) is 5.35. The zero-order chi connectivity index (χ0) is 36.1. The van der Waals surface area contributed by atoms with Gasteiger partial charge in [-0.2, -0.15) is 0 Å². The normalized spacial score (nSPS) is 14.5. The Kier molecular flexibility index (Phi) is 36.0. The summed E-state index contributed by atoms with van der Waals surface area (Å²) in [5, 5.41) is 13.6. The first-order valence-electron chi connectivity index (χ1n) is 20.5. The van der Waals surface area contributed by atoms with Crippen LogP contribution >= 0.6 is 7.82 Å². The van der Waals surface area contributed by atoms with Crippen LogP contribution in [0.1, 0.15) is 194 Å². The predicted octanol–water partition coefficient (Wildman–Crippen LogP) is 11.0. The van der Waals surface area contributed by atoms with Crippen LogP contribution < -0.4 is 11.1 Å². The molecule has 290 valence electrons. The molecule has 8 nitrogen and oxygen atoms in total. The lowest BCUT2D eigenvalue weighted by Gasteiger charge is -2.23. The molecule has 0 saturated heterocycles. The molecule has 0 fully saturated rings. The molecule has 49 heavy (non-hydrogen) atoms. The molecule has 9 heteroatoms. The number of nitrogens with two attached hydrogens (primary N) is 1. The standard InChI is InChI=1S/C40H79N2O6P/c1-3-5-7-9-11-13-15-16-17-18-19-20-21-22-23-24-26-28-30-32-34-40(44)42-38(37-48-49(45,46)47-36-35-41)39(43)33-31-29-27-25-14-12-10-8-6-4-2/h14,25,31,33,38-39,43H,3-13,15-24,26-30,32,34-37,41H2,1-2H3,(H,42,44)(H,45,46)/b25-14+,33-31+. The number of allylic oxidation sites excluding steroid dienone is 3. The van der Waals surface area contributed by atoms with Gasteiger partial charge in [-0.25, -0.2) is 4.57 Å². The summed E-state index contributed by atoms with van der Waals surface area (Å²) >= 11 is 0. The second kappa shape index (κ2) is 36.8. The fourth-order valence-electron chi connectivity index (χ4n) is 5.91. The number of hydrogen-bond acceptors (Lipinski definition) is 6. The number of nitrogens with one attached hydrogen (secondary N) is 1. The fourth-order valence-corrected chi connectivity index (χ4v) is 6.67. The minimum Gasteiger partial charge on any atom is -0.387 e. The Morgan fingerprint density at radius 2 is 1.08 bits per heavy atom. The first-order chi connectivity index (χ1) is 23.9. The van der Waals surface area contributed by atoms with Crippen LogP contribution in [0.5, 0.6) is 0 Å². The maximum atomic E-state index is 12.7. The van der Waals surface area contributed by atoms with Gasteiger partial charge in [0.25, 0.3) is 0 Å². The summed E-state index contributed by atoms with van der Waals surface area (Å²) in [7, 11) is -4.33. The quantitative estimate of drug-likeness (QED) is 0.0284. The highest BCUT2D eigenvalue weighted by Crippen LogP contribution is 2.43. The molecular formula is C40H79N2O6P. The van der Waals surface area contributed by atoms with Gasteiger partial charge in [-0.3, -0.25) is 13.8 Å². The Morgan fingerprint density at radius 1 is 0.653 bits per heavy atom. The molecule has 0 spiro atoms. The van der Waals surface area contributed by atoms with Gasteiger partial charge in [0.1, 0.15) is 0 Å². The van der Waals surface area contributed by atoms with E-state index < -0.39 is 20.0 Å². The van der Waals surface area contributed by atoms with Gasteiger partial charge in [-0.05, 0) is 32.1 Å². The van der Waals surface area contributed by atoms with Crippen LogP contribution in [0.4, 0.5) is 0 Å². The molecule has 0 radical (unpaired) electrons. The van der Waals surface area contributed by atoms with Crippen molar-refractivity contribution < 1.29 is 28.4 Å². The van der Waals surface area contributed by atoms with Gasteiger partial charge >= 0.3 is 7.82 Å². The fraction of sp³-hybridized carbons (Fsp3) is 0.875. The second-order valence-corrected chi connectivity index (χ2v) is 15.3. The Bertz CT molecular complexity index is 825. The third kappa shape index (κ3) is 35.2. The zero-order valence-corrected chi connectivity index (χ0v) is 32.8. The third-order valence-electron chi connectivity index (χ3n) is 9.03. The number of phosphoric ester groups is 1. The first kappa shape index (κ1) is 48.0. The van der Waals surface area contributed by atoms with E-state index >= 15 is 0 Å². The highest BCUT2D eigenvalue weighted by atomic mass is 31.2. The van der Waals surface area contributed by atoms with Gasteiger partial charge in [0, 0.05) is 13.0 Å². The first-order valence-corrected chi connectivity index (χ1v) is 22.0. The van der Waals surface area contributed by atoms with Crippen LogP contribution in [-0.4, -0.2) is 47.8 Å². The van der Waals surface area contributed by atoms with E-state index in [4.69, 9.17) is 14.8 Å². The Hall–Kier alpha value is -1.02. The molecule has 5 N–H and O–H groups in total. The molecule has 0 aromatic heterocycles. The number of unbranched alkanes of at least 4 members (excludes halogenated alkanes) is 24. The molecule has 0 aromatic rings. The van der Waals surface area contributed by atoms with Crippen LogP contribution in [0.25, 0.3) is 0 Å². The minimum absolute atomic E-state index is 0.0755. The summed E-state index contributed by atoms with van der Waals surface area (Å²) in [6, 6.07) is -0.870. The molecule has 3 unspecified atom stereocenters. The number of aliphatic hydroxyl groups excluding tert-OH is 1. The van der Waals surface area contributed by atoms with E-state index in [0.717, 1.165) is 38.5 Å². The highest BCUT2D eigenvalue weighted by Gasteiger charge is 2.26. The van der Waals surface area contributed by atoms with Gasteiger partial charge in [-0.1, -0.05) is 179 Å². The van der Waals surface area contributed by atoms with Crippen molar-refractivity contribution in [1.82, 2.24) is 5.32 Å². The summed E-state index contributed by atoms with van der Waals surface area (Å²) in [4.78, 5) is 22.6. The Labute approximate surface area is 302 Å². The highest BCUT2D eigenvalue weighted by molar-refractivity contribution is 7.47. The second-order valence-electron chi connectivity index (χ2n) is 13.8. The van der Waals surface area contributed by atoms with E-state index in [1.807, 2.05) is 6.08 Å². The van der Waals surface area contributed by atoms with Gasteiger partial charge in [0.15, 0.2) is 0 Å². The van der Waals surface area contributed by atoms with Crippen molar-refractivity contribution in [2.75, 3.05) is 19.8 Å². The molecule has 0 aliphatic carbocycles. The SMILES string of the molecule is CCCCCC/C=C/CC/C=C/C(O)C(COP(=O)(O)OCCN)NC(=O)CCCCCCCCCCCCCCCCCCCCCC. The smallest absolute Gasteiger partial charge is 0.387 e. The van der Waals surface area contributed by atoms with Crippen LogP contribution in [0, 0.1) is 0 Å². The van der Waals surface area contributed by atoms with Crippen LogP contribution in [0.15, 0.2) is 24.3 Å². The number of amides is 1. The van der Waals surface area contributed by atoms with E-state index in [0.29, 0.717) is 6.42 Å². The number of phosphoric acid groups is 1. The largest absolute Gasteiger partial charge is 0.472 e. The van der Waals surface area contributed by atoms with Crippen molar-refractivity contribution in [2.45, 2.75) is 206 Å². The van der Waals surface area contributed by atoms with E-state index in [1.165, 1.54) is 135 Å². The number of carbonyl (C=O) groups is 1. The number of rotatable bonds is 38. The number of carbonyl (C=O) groups excluding carboxylic acids is 1. The van der Waals surface area contributed by atoms with Crippen molar-refractivity contribution in [3.63, 3.8) is 0 Å². The van der Waals surface area contributed by atoms with Crippen molar-refractivity contribution in [1.29, 1.82) is 0 Å². The van der Waals surface area contributed by atoms with Crippen LogP contribution in [0.2, 0.25) is 0 Å². The molecule has 0 aliphatic rings. The average Bonchev–Trinajstić information content (AvgIpc) is 3.09. The lowest BCUT2D eigenvalue weighted by Crippen LogP contribution is -2.45. The zero-order valence-electron chi connectivity index (χ0n) is 31.9. The summed E-state index contributed by atoms with van der Waals surface area (Å²) in [6.45, 7) is 4.08. The molecule has 1 amide bonds. The average molecular weight is 715 g/mol. The molecule has 0 heterocycles. The monoisotopic (exact) mass is 715 g/mol. The molecular weight excluding hydrogens is 635 g/mol. The van der Waals surface area contributed by atoms with E-state index in [2.05, 4.69) is 31.3 Å². The molecule has 0 rings (SSSR count). The molecule has 0 aromatic carbocycles. The molecule has 3 atom stereocenters. The van der Waals surface area contributed by atoms with Crippen molar-refractivity contribution in [3.8, 4) is 0 Å². The third-order valence-corrected chi connectivity index (χ3v) is 10.0. The lowest BCUT2D eigenvalue weighted by molar-refractivity contribution is -0.123. The maximum Gasteiger partial charge on any atom is 0.472 e. The summed E-state index contributed by atoms with van der Waals surface area (Å²) in [5.74, 6) is -0.204. The predicted molar refractivity (Wildman–Crippen MR) is 208 cm³/mol. The van der Waals surface area contributed by atoms with E-state index in [9.17, 15) is 19.4 Å². The van der Waals surface area contributed by atoms with Gasteiger partial charge in [-0.15, -0.1) is 0 Å². The Morgan fingerprint density at radius 3 is 1.57 bits per heavy atom. The molecule has 0 saturated carbocycles. The summed E-state index contributed by atoms with van der Waals surface area (Å²) < 4.78 is 22.0. The van der Waals surface area contributed by atoms with Crippen molar-refractivity contribution >= 4 is 13.7 Å². The van der Waals surface area contributed by atoms with Crippen LogP contribution in [-0.2, 0) is 18.4 Å². The van der Waals surface area contributed by atoms with E-state index in [-0.39, 0.29) is 25.7 Å².